The number of aromatic nitrogens is 1. The first kappa shape index (κ1) is 40.6. The van der Waals surface area contributed by atoms with Gasteiger partial charge in [0.15, 0.2) is 0 Å². The number of fused-ring (bicyclic) bond motifs is 2. The summed E-state index contributed by atoms with van der Waals surface area (Å²) >= 11 is 0. The van der Waals surface area contributed by atoms with Crippen LogP contribution in [-0.4, -0.2) is 30.0 Å². The van der Waals surface area contributed by atoms with Gasteiger partial charge in [0.05, 0.1) is 27.5 Å². The Morgan fingerprint density at radius 1 is 0.797 bits per heavy atom. The summed E-state index contributed by atoms with van der Waals surface area (Å²) in [6.07, 6.45) is 2.13. The standard InChI is InChI=1S/C49H43NO8S/c1-5-13-44(59(54,55)56)50-43-19-11-10-18-39(43)46(48(51)52)40-27-26-38(41-28-37(25-24-34(41)6-2)57-29-33-16-8-7-9-17-33)45(47(40)50)35-20-22-36(23-21-35)49(53)58-30-42-31(3)14-12-15-32(42)4/h6-12,14-28,44H,2,5,13,29-30H2,1,3-4H3,(H-,51,52,54,55,56)/p+1. The van der Waals surface area contributed by atoms with E-state index in [4.69, 9.17) is 9.47 Å². The van der Waals surface area contributed by atoms with E-state index >= 15 is 0 Å². The van der Waals surface area contributed by atoms with Gasteiger partial charge in [0.2, 0.25) is 11.0 Å². The molecule has 0 bridgehead atoms. The molecule has 0 fully saturated rings. The number of carbonyl (C=O) groups excluding carboxylic acids is 1. The second-order valence-corrected chi connectivity index (χ2v) is 16.0. The fourth-order valence-electron chi connectivity index (χ4n) is 7.76. The van der Waals surface area contributed by atoms with Gasteiger partial charge in [-0.3, -0.25) is 4.55 Å². The Bertz CT molecular complexity index is 2830. The van der Waals surface area contributed by atoms with Crippen LogP contribution in [0, 0.1) is 13.8 Å². The van der Waals surface area contributed by atoms with Crippen LogP contribution in [0.1, 0.15) is 73.7 Å². The molecule has 9 nitrogen and oxygen atoms in total. The number of esters is 1. The van der Waals surface area contributed by atoms with E-state index in [1.165, 1.54) is 0 Å². The van der Waals surface area contributed by atoms with Gasteiger partial charge in [-0.2, -0.15) is 13.0 Å². The summed E-state index contributed by atoms with van der Waals surface area (Å²) in [6, 6.07) is 38.1. The van der Waals surface area contributed by atoms with Gasteiger partial charge in [0.1, 0.15) is 19.0 Å². The maximum atomic E-state index is 13.5. The molecule has 1 atom stereocenters. The number of aryl methyl sites for hydroxylation is 2. The Morgan fingerprint density at radius 2 is 1.49 bits per heavy atom. The van der Waals surface area contributed by atoms with Gasteiger partial charge in [-0.25, -0.2) is 9.59 Å². The summed E-state index contributed by atoms with van der Waals surface area (Å²) in [5.41, 5.74) is 7.80. The number of ether oxygens (including phenoxy) is 2. The summed E-state index contributed by atoms with van der Waals surface area (Å²) in [6.45, 7) is 10.2. The molecule has 0 radical (unpaired) electrons. The fraction of sp³-hybridized carbons (Fsp3) is 0.163. The number of hydrogen-bond acceptors (Lipinski definition) is 6. The molecule has 1 aromatic heterocycles. The van der Waals surface area contributed by atoms with Crippen molar-refractivity contribution in [2.45, 2.75) is 52.2 Å². The van der Waals surface area contributed by atoms with Crippen LogP contribution in [0.2, 0.25) is 0 Å². The molecule has 298 valence electrons. The highest BCUT2D eigenvalue weighted by Gasteiger charge is 2.39. The van der Waals surface area contributed by atoms with E-state index in [9.17, 15) is 27.7 Å². The minimum atomic E-state index is -4.76. The molecular formula is C49H44NO8S+. The summed E-state index contributed by atoms with van der Waals surface area (Å²) in [4.78, 5) is 26.7. The second kappa shape index (κ2) is 17.1. The van der Waals surface area contributed by atoms with Gasteiger partial charge in [-0.15, -0.1) is 0 Å². The molecule has 0 aliphatic rings. The highest BCUT2D eigenvalue weighted by atomic mass is 32.2. The van der Waals surface area contributed by atoms with Crippen molar-refractivity contribution in [1.82, 2.24) is 0 Å². The number of benzene rings is 6. The molecule has 1 heterocycles. The smallest absolute Gasteiger partial charge is 0.338 e. The number of carbonyl (C=O) groups is 2. The number of carboxylic acid groups (broad SMARTS) is 1. The Balaban J connectivity index is 1.50. The molecule has 0 spiro atoms. The Labute approximate surface area is 343 Å². The van der Waals surface area contributed by atoms with Gasteiger partial charge in [-0.05, 0) is 101 Å². The maximum absolute atomic E-state index is 13.5. The second-order valence-electron chi connectivity index (χ2n) is 14.5. The summed E-state index contributed by atoms with van der Waals surface area (Å²) < 4.78 is 51.3. The van der Waals surface area contributed by atoms with E-state index in [0.717, 1.165) is 27.8 Å². The van der Waals surface area contributed by atoms with Crippen molar-refractivity contribution in [3.8, 4) is 28.0 Å². The molecular weight excluding hydrogens is 763 g/mol. The van der Waals surface area contributed by atoms with Crippen LogP contribution in [0.5, 0.6) is 5.75 Å². The zero-order chi connectivity index (χ0) is 41.8. The summed E-state index contributed by atoms with van der Waals surface area (Å²) in [5, 5.41) is 9.89. The van der Waals surface area contributed by atoms with E-state index < -0.39 is 27.4 Å². The van der Waals surface area contributed by atoms with E-state index in [0.29, 0.717) is 51.9 Å². The molecule has 59 heavy (non-hydrogen) atoms. The van der Waals surface area contributed by atoms with Crippen LogP contribution in [0.4, 0.5) is 0 Å². The largest absolute Gasteiger partial charge is 0.489 e. The highest BCUT2D eigenvalue weighted by molar-refractivity contribution is 7.85. The lowest BCUT2D eigenvalue weighted by molar-refractivity contribution is -0.651. The quantitative estimate of drug-likeness (QED) is 0.0481. The molecule has 6 aromatic carbocycles. The third-order valence-corrected chi connectivity index (χ3v) is 11.8. The normalized spacial score (nSPS) is 12.0. The minimum absolute atomic E-state index is 0.0270. The van der Waals surface area contributed by atoms with E-state index in [1.807, 2.05) is 93.6 Å². The van der Waals surface area contributed by atoms with Crippen molar-refractivity contribution >= 4 is 49.9 Å². The van der Waals surface area contributed by atoms with Gasteiger partial charge in [-0.1, -0.05) is 105 Å². The van der Waals surface area contributed by atoms with Crippen LogP contribution in [0.15, 0.2) is 134 Å². The first-order chi connectivity index (χ1) is 28.4. The van der Waals surface area contributed by atoms with Crippen molar-refractivity contribution in [1.29, 1.82) is 0 Å². The van der Waals surface area contributed by atoms with E-state index in [-0.39, 0.29) is 35.1 Å². The molecule has 1 unspecified atom stereocenters. The first-order valence-electron chi connectivity index (χ1n) is 19.3. The Morgan fingerprint density at radius 3 is 2.15 bits per heavy atom. The number of para-hydroxylation sites is 1. The predicted octanol–water partition coefficient (Wildman–Crippen LogP) is 10.7. The van der Waals surface area contributed by atoms with Gasteiger partial charge >= 0.3 is 22.1 Å². The van der Waals surface area contributed by atoms with Gasteiger partial charge in [0, 0.05) is 12.5 Å². The minimum Gasteiger partial charge on any atom is -0.489 e. The highest BCUT2D eigenvalue weighted by Crippen LogP contribution is 2.43. The van der Waals surface area contributed by atoms with Gasteiger partial charge < -0.3 is 14.6 Å². The molecule has 0 aliphatic heterocycles. The molecule has 0 aliphatic carbocycles. The lowest BCUT2D eigenvalue weighted by atomic mass is 9.87. The number of pyridine rings is 1. The van der Waals surface area contributed by atoms with E-state index in [1.54, 1.807) is 65.2 Å². The average molecular weight is 807 g/mol. The number of aromatic carboxylic acids is 1. The van der Waals surface area contributed by atoms with Crippen LogP contribution in [0.3, 0.4) is 0 Å². The maximum Gasteiger partial charge on any atom is 0.338 e. The molecule has 7 rings (SSSR count). The average Bonchev–Trinajstić information content (AvgIpc) is 3.23. The molecule has 0 amide bonds. The van der Waals surface area contributed by atoms with Crippen LogP contribution in [0.25, 0.3) is 50.1 Å². The summed E-state index contributed by atoms with van der Waals surface area (Å²) in [7, 11) is -4.76. The number of hydrogen-bond donors (Lipinski definition) is 2. The third-order valence-electron chi connectivity index (χ3n) is 10.7. The molecule has 0 saturated carbocycles. The third kappa shape index (κ3) is 8.23. The van der Waals surface area contributed by atoms with Crippen molar-refractivity contribution in [2.24, 2.45) is 0 Å². The molecule has 0 saturated heterocycles. The van der Waals surface area contributed by atoms with Gasteiger partial charge in [0.25, 0.3) is 5.37 Å². The van der Waals surface area contributed by atoms with Crippen molar-refractivity contribution in [2.75, 3.05) is 0 Å². The molecule has 10 heteroatoms. The molecule has 2 N–H and O–H groups in total. The fourth-order valence-corrected chi connectivity index (χ4v) is 8.78. The van der Waals surface area contributed by atoms with Crippen molar-refractivity contribution in [3.05, 3.63) is 173 Å². The lowest BCUT2D eigenvalue weighted by Gasteiger charge is -2.20. The van der Waals surface area contributed by atoms with Crippen LogP contribution < -0.4 is 9.30 Å². The van der Waals surface area contributed by atoms with Crippen LogP contribution in [-0.2, 0) is 28.1 Å². The monoisotopic (exact) mass is 806 g/mol. The number of carboxylic acids is 1. The van der Waals surface area contributed by atoms with Crippen molar-refractivity contribution < 1.29 is 41.7 Å². The SMILES string of the molecule is C=Cc1ccc(OCc2ccccc2)cc1-c1ccc2c(C(=O)O)c3ccccc3[n+](C(CCC)S(=O)(=O)O)c2c1-c1ccc(C(=O)OCc2c(C)cccc2C)cc1. The molecule has 7 aromatic rings. The van der Waals surface area contributed by atoms with Crippen LogP contribution >= 0.6 is 0 Å². The number of nitrogens with zero attached hydrogens (tertiary/aromatic N) is 1. The lowest BCUT2D eigenvalue weighted by Crippen LogP contribution is -2.46. The zero-order valence-electron chi connectivity index (χ0n) is 33.0. The zero-order valence-corrected chi connectivity index (χ0v) is 33.8. The number of rotatable bonds is 14. The van der Waals surface area contributed by atoms with E-state index in [2.05, 4.69) is 6.58 Å². The topological polar surface area (TPSA) is 131 Å². The Kier molecular flexibility index (Phi) is 11.7. The Hall–Kier alpha value is -6.62. The van der Waals surface area contributed by atoms with Crippen molar-refractivity contribution in [3.63, 3.8) is 0 Å². The predicted molar refractivity (Wildman–Crippen MR) is 231 cm³/mol. The summed E-state index contributed by atoms with van der Waals surface area (Å²) in [5.74, 6) is -1.18. The first-order valence-corrected chi connectivity index (χ1v) is 20.8.